The molecule has 0 bridgehead atoms. The third kappa shape index (κ3) is 3.98. The largest absolute Gasteiger partial charge is 0.417 e. The Hall–Kier alpha value is -2.57. The van der Waals surface area contributed by atoms with Crippen molar-refractivity contribution in [3.63, 3.8) is 0 Å². The highest BCUT2D eigenvalue weighted by Crippen LogP contribution is 2.32. The van der Waals surface area contributed by atoms with Crippen LogP contribution in [0.3, 0.4) is 0 Å². The van der Waals surface area contributed by atoms with Crippen LogP contribution >= 0.6 is 11.6 Å². The summed E-state index contributed by atoms with van der Waals surface area (Å²) in [4.78, 5) is 15.7. The molecule has 0 saturated carbocycles. The number of carbonyl (C=O) groups excluding carboxylic acids is 1. The quantitative estimate of drug-likeness (QED) is 0.736. The molecule has 0 spiro atoms. The Morgan fingerprint density at radius 2 is 2.00 bits per heavy atom. The average molecular weight is 403 g/mol. The number of hydrogen-bond acceptors (Lipinski definition) is 4. The molecule has 0 atom stereocenters. The van der Waals surface area contributed by atoms with E-state index in [-0.39, 0.29) is 14.2 Å². The van der Waals surface area contributed by atoms with E-state index in [1.54, 1.807) is 0 Å². The fourth-order valence-corrected chi connectivity index (χ4v) is 3.65. The number of terminal acetylenes is 1. The van der Waals surface area contributed by atoms with Crippen LogP contribution in [0.5, 0.6) is 0 Å². The van der Waals surface area contributed by atoms with Crippen LogP contribution in [0.1, 0.15) is 15.9 Å². The molecule has 1 heterocycles. The normalized spacial score (nSPS) is 11.7. The lowest BCUT2D eigenvalue weighted by Crippen LogP contribution is -2.38. The second-order valence-corrected chi connectivity index (χ2v) is 7.20. The van der Waals surface area contributed by atoms with E-state index in [4.69, 9.17) is 18.0 Å². The van der Waals surface area contributed by atoms with Gasteiger partial charge in [-0.1, -0.05) is 23.6 Å². The van der Waals surface area contributed by atoms with E-state index >= 15 is 0 Å². The molecule has 1 amide bonds. The van der Waals surface area contributed by atoms with Gasteiger partial charge in [0.2, 0.25) is 0 Å². The topological polar surface area (TPSA) is 67.3 Å². The summed E-state index contributed by atoms with van der Waals surface area (Å²) >= 11 is 5.75. The lowest BCUT2D eigenvalue weighted by Gasteiger charge is -2.22. The number of alkyl halides is 3. The predicted octanol–water partition coefficient (Wildman–Crippen LogP) is 3.22. The molecule has 0 saturated heterocycles. The molecule has 2 aromatic rings. The Balaban J connectivity index is 2.59. The standard InChI is InChI=1S/C16H10ClF3N2O3S/c1-2-8-22(26(24,25)12-5-3-4-11(17)9-12)15(23)13-10-21-7-6-14(13)16(18,19)20/h1,3-7,9-10H,8H2. The van der Waals surface area contributed by atoms with Gasteiger partial charge in [-0.25, -0.2) is 12.7 Å². The van der Waals surface area contributed by atoms with Crippen molar-refractivity contribution in [1.82, 2.24) is 9.29 Å². The zero-order valence-electron chi connectivity index (χ0n) is 12.9. The fraction of sp³-hybridized carbons (Fsp3) is 0.125. The second kappa shape index (κ2) is 7.35. The molecule has 26 heavy (non-hydrogen) atoms. The Morgan fingerprint density at radius 3 is 2.58 bits per heavy atom. The van der Waals surface area contributed by atoms with E-state index in [1.165, 1.54) is 12.1 Å². The summed E-state index contributed by atoms with van der Waals surface area (Å²) < 4.78 is 64.9. The maximum absolute atomic E-state index is 13.1. The van der Waals surface area contributed by atoms with Crippen LogP contribution in [0.25, 0.3) is 0 Å². The highest BCUT2D eigenvalue weighted by atomic mass is 35.5. The number of aromatic nitrogens is 1. The molecule has 0 aliphatic carbocycles. The summed E-state index contributed by atoms with van der Waals surface area (Å²) in [5, 5.41) is 0.0662. The number of nitrogens with zero attached hydrogens (tertiary/aromatic N) is 2. The number of sulfonamides is 1. The molecule has 5 nitrogen and oxygen atoms in total. The molecule has 0 aliphatic rings. The molecule has 1 aromatic carbocycles. The SMILES string of the molecule is C#CCN(C(=O)c1cnccc1C(F)(F)F)S(=O)(=O)c1cccc(Cl)c1. The van der Waals surface area contributed by atoms with Gasteiger partial charge in [0.1, 0.15) is 0 Å². The van der Waals surface area contributed by atoms with Gasteiger partial charge in [-0.05, 0) is 24.3 Å². The maximum atomic E-state index is 13.1. The van der Waals surface area contributed by atoms with E-state index in [1.807, 2.05) is 5.92 Å². The van der Waals surface area contributed by atoms with E-state index < -0.39 is 39.8 Å². The third-order valence-corrected chi connectivity index (χ3v) is 5.16. The molecule has 0 unspecified atom stereocenters. The zero-order valence-corrected chi connectivity index (χ0v) is 14.4. The van der Waals surface area contributed by atoms with Crippen LogP contribution in [-0.2, 0) is 16.2 Å². The van der Waals surface area contributed by atoms with Gasteiger partial charge in [0.05, 0.1) is 22.6 Å². The van der Waals surface area contributed by atoms with E-state index in [0.717, 1.165) is 18.3 Å². The number of rotatable bonds is 4. The molecule has 2 rings (SSSR count). The maximum Gasteiger partial charge on any atom is 0.417 e. The highest BCUT2D eigenvalue weighted by Gasteiger charge is 2.38. The molecule has 136 valence electrons. The lowest BCUT2D eigenvalue weighted by molar-refractivity contribution is -0.138. The van der Waals surface area contributed by atoms with Gasteiger partial charge in [-0.3, -0.25) is 9.78 Å². The molecule has 1 aromatic heterocycles. The van der Waals surface area contributed by atoms with Crippen molar-refractivity contribution in [2.75, 3.05) is 6.54 Å². The lowest BCUT2D eigenvalue weighted by atomic mass is 10.1. The van der Waals surface area contributed by atoms with Crippen LogP contribution in [0, 0.1) is 12.3 Å². The first-order chi connectivity index (χ1) is 12.1. The second-order valence-electron chi connectivity index (χ2n) is 4.90. The van der Waals surface area contributed by atoms with Crippen molar-refractivity contribution in [1.29, 1.82) is 0 Å². The molecule has 0 fully saturated rings. The fourth-order valence-electron chi connectivity index (χ4n) is 2.05. The van der Waals surface area contributed by atoms with Crippen LogP contribution in [0.2, 0.25) is 5.02 Å². The number of benzene rings is 1. The predicted molar refractivity (Wildman–Crippen MR) is 87.7 cm³/mol. The van der Waals surface area contributed by atoms with Crippen LogP contribution in [-0.4, -0.2) is 30.2 Å². The zero-order chi connectivity index (χ0) is 19.5. The summed E-state index contributed by atoms with van der Waals surface area (Å²) in [5.41, 5.74) is -2.25. The Morgan fingerprint density at radius 1 is 1.31 bits per heavy atom. The molecular weight excluding hydrogens is 393 g/mol. The van der Waals surface area contributed by atoms with Crippen LogP contribution < -0.4 is 0 Å². The molecule has 0 radical (unpaired) electrons. The Kier molecular flexibility index (Phi) is 5.59. The van der Waals surface area contributed by atoms with Gasteiger partial charge in [0, 0.05) is 17.4 Å². The van der Waals surface area contributed by atoms with Gasteiger partial charge >= 0.3 is 6.18 Å². The Labute approximate surface area is 152 Å². The van der Waals surface area contributed by atoms with Gasteiger partial charge < -0.3 is 0 Å². The van der Waals surface area contributed by atoms with Crippen molar-refractivity contribution in [2.45, 2.75) is 11.1 Å². The smallest absolute Gasteiger partial charge is 0.268 e. The minimum absolute atomic E-state index is 0.0662. The van der Waals surface area contributed by atoms with E-state index in [9.17, 15) is 26.4 Å². The van der Waals surface area contributed by atoms with Gasteiger partial charge in [-0.2, -0.15) is 13.2 Å². The van der Waals surface area contributed by atoms with E-state index in [0.29, 0.717) is 12.3 Å². The average Bonchev–Trinajstić information content (AvgIpc) is 2.58. The monoisotopic (exact) mass is 402 g/mol. The number of carbonyl (C=O) groups is 1. The first kappa shape index (κ1) is 19.8. The molecule has 0 aliphatic heterocycles. The first-order valence-corrected chi connectivity index (χ1v) is 8.68. The van der Waals surface area contributed by atoms with Crippen molar-refractivity contribution in [3.05, 3.63) is 58.9 Å². The van der Waals surface area contributed by atoms with Crippen LogP contribution in [0.4, 0.5) is 13.2 Å². The number of amides is 1. The van der Waals surface area contributed by atoms with Gasteiger partial charge in [0.15, 0.2) is 0 Å². The summed E-state index contributed by atoms with van der Waals surface area (Å²) in [6.45, 7) is -0.764. The summed E-state index contributed by atoms with van der Waals surface area (Å²) in [7, 11) is -4.53. The minimum atomic E-state index is -4.88. The van der Waals surface area contributed by atoms with Crippen LogP contribution in [0.15, 0.2) is 47.6 Å². The van der Waals surface area contributed by atoms with Crippen molar-refractivity contribution >= 4 is 27.5 Å². The number of pyridine rings is 1. The van der Waals surface area contributed by atoms with Gasteiger partial charge in [0.25, 0.3) is 15.9 Å². The van der Waals surface area contributed by atoms with Crippen molar-refractivity contribution < 1.29 is 26.4 Å². The molecule has 0 N–H and O–H groups in total. The molecular formula is C16H10ClF3N2O3S. The minimum Gasteiger partial charge on any atom is -0.268 e. The number of halogens is 4. The van der Waals surface area contributed by atoms with Gasteiger partial charge in [-0.15, -0.1) is 6.42 Å². The Bertz CT molecular complexity index is 985. The van der Waals surface area contributed by atoms with E-state index in [2.05, 4.69) is 4.98 Å². The summed E-state index contributed by atoms with van der Waals surface area (Å²) in [6.07, 6.45) is 1.71. The summed E-state index contributed by atoms with van der Waals surface area (Å²) in [6, 6.07) is 5.50. The van der Waals surface area contributed by atoms with Crippen molar-refractivity contribution in [2.24, 2.45) is 0 Å². The first-order valence-electron chi connectivity index (χ1n) is 6.86. The highest BCUT2D eigenvalue weighted by molar-refractivity contribution is 7.89. The number of hydrogen-bond donors (Lipinski definition) is 0. The third-order valence-electron chi connectivity index (χ3n) is 3.20. The summed E-state index contributed by atoms with van der Waals surface area (Å²) in [5.74, 6) is 0.517. The molecule has 10 heteroatoms. The van der Waals surface area contributed by atoms with Crippen molar-refractivity contribution in [3.8, 4) is 12.3 Å².